The summed E-state index contributed by atoms with van der Waals surface area (Å²) < 4.78 is 0. The van der Waals surface area contributed by atoms with Crippen LogP contribution in [0.5, 0.6) is 0 Å². The van der Waals surface area contributed by atoms with Gasteiger partial charge in [0.15, 0.2) is 0 Å². The van der Waals surface area contributed by atoms with Crippen molar-refractivity contribution in [2.45, 2.75) is 13.5 Å². The first-order chi connectivity index (χ1) is 4.33. The standard InChI is InChI=1S/C7H7NS/c1-6-3-7(4-8-2)5-9-6/h3,5H,4H2,1H3. The van der Waals surface area contributed by atoms with Gasteiger partial charge in [-0.3, -0.25) is 0 Å². The smallest absolute Gasteiger partial charge is 0.240 e. The molecule has 0 bridgehead atoms. The van der Waals surface area contributed by atoms with Crippen LogP contribution in [0.25, 0.3) is 4.85 Å². The number of nitrogens with zero attached hydrogens (tertiary/aromatic N) is 1. The number of thiophene rings is 1. The van der Waals surface area contributed by atoms with Crippen molar-refractivity contribution in [3.05, 3.63) is 33.3 Å². The molecule has 0 aliphatic carbocycles. The second-order valence-corrected chi connectivity index (χ2v) is 3.00. The van der Waals surface area contributed by atoms with Crippen molar-refractivity contribution < 1.29 is 0 Å². The largest absolute Gasteiger partial charge is 0.312 e. The quantitative estimate of drug-likeness (QED) is 0.524. The highest BCUT2D eigenvalue weighted by molar-refractivity contribution is 7.10. The number of aryl methyl sites for hydroxylation is 1. The summed E-state index contributed by atoms with van der Waals surface area (Å²) in [6, 6.07) is 2.06. The Morgan fingerprint density at radius 2 is 2.56 bits per heavy atom. The van der Waals surface area contributed by atoms with Gasteiger partial charge in [0.25, 0.3) is 0 Å². The van der Waals surface area contributed by atoms with Crippen LogP contribution in [0.3, 0.4) is 0 Å². The topological polar surface area (TPSA) is 4.36 Å². The van der Waals surface area contributed by atoms with Crippen LogP contribution in [0.1, 0.15) is 10.4 Å². The molecule has 0 aromatic carbocycles. The first-order valence-corrected chi connectivity index (χ1v) is 3.58. The molecule has 0 atom stereocenters. The molecule has 0 aliphatic heterocycles. The molecule has 9 heavy (non-hydrogen) atoms. The van der Waals surface area contributed by atoms with Gasteiger partial charge in [-0.25, -0.2) is 6.57 Å². The molecule has 1 aromatic heterocycles. The molecule has 1 nitrogen and oxygen atoms in total. The van der Waals surface area contributed by atoms with E-state index >= 15 is 0 Å². The van der Waals surface area contributed by atoms with Crippen LogP contribution in [0, 0.1) is 13.5 Å². The van der Waals surface area contributed by atoms with Gasteiger partial charge in [-0.1, -0.05) is 0 Å². The van der Waals surface area contributed by atoms with Gasteiger partial charge in [0.05, 0.1) is 0 Å². The second kappa shape index (κ2) is 2.65. The first-order valence-electron chi connectivity index (χ1n) is 2.70. The number of rotatable bonds is 1. The molecular weight excluding hydrogens is 130 g/mol. The molecule has 0 aliphatic rings. The highest BCUT2D eigenvalue weighted by atomic mass is 32.1. The molecule has 0 unspecified atom stereocenters. The van der Waals surface area contributed by atoms with E-state index < -0.39 is 0 Å². The first kappa shape index (κ1) is 6.31. The van der Waals surface area contributed by atoms with Crippen molar-refractivity contribution in [3.63, 3.8) is 0 Å². The van der Waals surface area contributed by atoms with Crippen LogP contribution >= 0.6 is 11.3 Å². The molecule has 2 heteroatoms. The summed E-state index contributed by atoms with van der Waals surface area (Å²) in [5, 5.41) is 2.04. The van der Waals surface area contributed by atoms with Gasteiger partial charge in [-0.2, -0.15) is 0 Å². The minimum atomic E-state index is 0.532. The SMILES string of the molecule is [C-]#[N+]Cc1csc(C)c1. The summed E-state index contributed by atoms with van der Waals surface area (Å²) in [5.74, 6) is 0. The summed E-state index contributed by atoms with van der Waals surface area (Å²) in [4.78, 5) is 4.56. The zero-order valence-electron chi connectivity index (χ0n) is 5.22. The molecule has 0 spiro atoms. The Balaban J connectivity index is 2.76. The molecule has 0 fully saturated rings. The van der Waals surface area contributed by atoms with Crippen molar-refractivity contribution in [2.75, 3.05) is 0 Å². The molecule has 1 aromatic rings. The molecule has 0 saturated heterocycles. The summed E-state index contributed by atoms with van der Waals surface area (Å²) in [7, 11) is 0. The summed E-state index contributed by atoms with van der Waals surface area (Å²) >= 11 is 1.70. The zero-order chi connectivity index (χ0) is 6.69. The van der Waals surface area contributed by atoms with Crippen LogP contribution in [0.2, 0.25) is 0 Å². The second-order valence-electron chi connectivity index (χ2n) is 1.88. The van der Waals surface area contributed by atoms with E-state index in [4.69, 9.17) is 6.57 Å². The minimum absolute atomic E-state index is 0.532. The van der Waals surface area contributed by atoms with Crippen molar-refractivity contribution in [2.24, 2.45) is 0 Å². The summed E-state index contributed by atoms with van der Waals surface area (Å²) in [5.41, 5.74) is 1.15. The van der Waals surface area contributed by atoms with Gasteiger partial charge in [0.2, 0.25) is 6.54 Å². The Morgan fingerprint density at radius 3 is 3.00 bits per heavy atom. The lowest BCUT2D eigenvalue weighted by atomic mass is 10.3. The fraction of sp³-hybridized carbons (Fsp3) is 0.286. The molecule has 0 N–H and O–H groups in total. The Bertz CT molecular complexity index is 231. The molecule has 0 amide bonds. The predicted octanol–water partition coefficient (Wildman–Crippen LogP) is 2.48. The average molecular weight is 137 g/mol. The van der Waals surface area contributed by atoms with Gasteiger partial charge in [-0.05, 0) is 13.0 Å². The van der Waals surface area contributed by atoms with Crippen LogP contribution in [0.4, 0.5) is 0 Å². The lowest BCUT2D eigenvalue weighted by Gasteiger charge is -1.76. The lowest BCUT2D eigenvalue weighted by molar-refractivity contribution is 1.29. The Morgan fingerprint density at radius 1 is 1.78 bits per heavy atom. The summed E-state index contributed by atoms with van der Waals surface area (Å²) in [6.07, 6.45) is 0. The maximum absolute atomic E-state index is 6.58. The van der Waals surface area contributed by atoms with Gasteiger partial charge in [0.1, 0.15) is 0 Å². The third kappa shape index (κ3) is 1.55. The van der Waals surface area contributed by atoms with E-state index in [1.165, 1.54) is 4.88 Å². The summed E-state index contributed by atoms with van der Waals surface area (Å²) in [6.45, 7) is 9.16. The molecule has 46 valence electrons. The fourth-order valence-electron chi connectivity index (χ4n) is 0.672. The maximum Gasteiger partial charge on any atom is 0.240 e. The van der Waals surface area contributed by atoms with Crippen LogP contribution < -0.4 is 0 Å². The monoisotopic (exact) mass is 137 g/mol. The lowest BCUT2D eigenvalue weighted by Crippen LogP contribution is -1.68. The van der Waals surface area contributed by atoms with Crippen molar-refractivity contribution in [1.82, 2.24) is 0 Å². The fourth-order valence-corrected chi connectivity index (χ4v) is 1.37. The van der Waals surface area contributed by atoms with E-state index in [1.807, 2.05) is 5.38 Å². The van der Waals surface area contributed by atoms with Crippen LogP contribution in [-0.4, -0.2) is 0 Å². The third-order valence-electron chi connectivity index (χ3n) is 1.05. The van der Waals surface area contributed by atoms with E-state index in [0.717, 1.165) is 5.56 Å². The Labute approximate surface area is 58.8 Å². The van der Waals surface area contributed by atoms with E-state index in [0.29, 0.717) is 6.54 Å². The van der Waals surface area contributed by atoms with Gasteiger partial charge in [-0.15, -0.1) is 11.3 Å². The molecule has 0 radical (unpaired) electrons. The van der Waals surface area contributed by atoms with E-state index in [-0.39, 0.29) is 0 Å². The number of hydrogen-bond donors (Lipinski definition) is 0. The minimum Gasteiger partial charge on any atom is -0.312 e. The van der Waals surface area contributed by atoms with Crippen molar-refractivity contribution in [3.8, 4) is 0 Å². The Kier molecular flexibility index (Phi) is 1.86. The van der Waals surface area contributed by atoms with Crippen LogP contribution in [0.15, 0.2) is 11.4 Å². The van der Waals surface area contributed by atoms with Crippen molar-refractivity contribution >= 4 is 11.3 Å². The highest BCUT2D eigenvalue weighted by Gasteiger charge is 1.95. The average Bonchev–Trinajstić information content (AvgIpc) is 2.17. The molecular formula is C7H7NS. The normalized spacial score (nSPS) is 8.89. The van der Waals surface area contributed by atoms with Crippen molar-refractivity contribution in [1.29, 1.82) is 0 Å². The van der Waals surface area contributed by atoms with Gasteiger partial charge >= 0.3 is 0 Å². The maximum atomic E-state index is 6.58. The molecule has 1 heterocycles. The van der Waals surface area contributed by atoms with Crippen LogP contribution in [-0.2, 0) is 6.54 Å². The third-order valence-corrected chi connectivity index (χ3v) is 1.96. The number of hydrogen-bond acceptors (Lipinski definition) is 1. The van der Waals surface area contributed by atoms with E-state index in [1.54, 1.807) is 11.3 Å². The van der Waals surface area contributed by atoms with Gasteiger partial charge in [0, 0.05) is 15.8 Å². The zero-order valence-corrected chi connectivity index (χ0v) is 6.03. The van der Waals surface area contributed by atoms with E-state index in [9.17, 15) is 0 Å². The Hall–Kier alpha value is -0.810. The molecule has 0 saturated carbocycles. The molecule has 1 rings (SSSR count). The highest BCUT2D eigenvalue weighted by Crippen LogP contribution is 2.13. The van der Waals surface area contributed by atoms with E-state index in [2.05, 4.69) is 17.8 Å². The van der Waals surface area contributed by atoms with Gasteiger partial charge < -0.3 is 4.85 Å². The predicted molar refractivity (Wildman–Crippen MR) is 39.4 cm³/mol.